The Morgan fingerprint density at radius 1 is 0.714 bits per heavy atom. The number of carbonyl (C=O) groups excluding carboxylic acids is 5. The fourth-order valence-electron chi connectivity index (χ4n) is 12.1. The van der Waals surface area contributed by atoms with Gasteiger partial charge in [-0.25, -0.2) is 9.59 Å². The van der Waals surface area contributed by atoms with Crippen molar-refractivity contribution in [2.45, 2.75) is 192 Å². The normalized spacial score (nSPS) is 33.0. The first-order chi connectivity index (χ1) is 43.7. The molecule has 2 amide bonds. The highest BCUT2D eigenvalue weighted by Gasteiger charge is 2.53. The molecule has 0 spiro atoms. The molecule has 522 valence electrons. The van der Waals surface area contributed by atoms with Gasteiger partial charge in [0.05, 0.1) is 110 Å². The molecule has 2 bridgehead atoms. The van der Waals surface area contributed by atoms with Crippen molar-refractivity contribution in [3.8, 4) is 0 Å². The average Bonchev–Trinajstić information content (AvgIpc) is 0.915. The van der Waals surface area contributed by atoms with Crippen molar-refractivity contribution >= 4 is 29.5 Å². The van der Waals surface area contributed by atoms with E-state index in [0.717, 1.165) is 10.5 Å². The fraction of sp³-hybridized carbons (Fsp3) is 0.806. The molecule has 2 saturated heterocycles. The summed E-state index contributed by atoms with van der Waals surface area (Å²) in [6, 6.07) is -2.08. The Balaban J connectivity index is 1.38. The quantitative estimate of drug-likeness (QED) is 0.0266. The summed E-state index contributed by atoms with van der Waals surface area (Å²) >= 11 is 0. The van der Waals surface area contributed by atoms with Gasteiger partial charge in [-0.1, -0.05) is 64.2 Å². The van der Waals surface area contributed by atoms with E-state index >= 15 is 0 Å². The van der Waals surface area contributed by atoms with Gasteiger partial charge < -0.3 is 92.8 Å². The van der Waals surface area contributed by atoms with Crippen LogP contribution in [-0.4, -0.2) is 243 Å². The molecule has 24 nitrogen and oxygen atoms in total. The molecule has 3 fully saturated rings. The van der Waals surface area contributed by atoms with Crippen LogP contribution in [0.25, 0.3) is 0 Å². The second-order valence-corrected chi connectivity index (χ2v) is 24.7. The Morgan fingerprint density at radius 3 is 1.92 bits per heavy atom. The van der Waals surface area contributed by atoms with Crippen molar-refractivity contribution in [3.05, 3.63) is 47.6 Å². The minimum Gasteiger partial charge on any atom is -0.459 e. The van der Waals surface area contributed by atoms with Crippen LogP contribution in [0.15, 0.2) is 47.6 Å². The second-order valence-electron chi connectivity index (χ2n) is 24.7. The summed E-state index contributed by atoms with van der Waals surface area (Å²) in [7, 11) is 4.51. The minimum absolute atomic E-state index is 0.0225. The number of esters is 1. The Labute approximate surface area is 540 Å². The van der Waals surface area contributed by atoms with Crippen molar-refractivity contribution in [2.75, 3.05) is 127 Å². The highest BCUT2D eigenvalue weighted by molar-refractivity contribution is 6.39. The number of allylic oxidation sites excluding steroid dienone is 5. The largest absolute Gasteiger partial charge is 0.459 e. The molecule has 0 aromatic rings. The van der Waals surface area contributed by atoms with Crippen molar-refractivity contribution < 1.29 is 101 Å². The lowest BCUT2D eigenvalue weighted by atomic mass is 9.80. The molecule has 3 heterocycles. The number of rotatable bonds is 29. The summed E-state index contributed by atoms with van der Waals surface area (Å²) in [4.78, 5) is 71.4. The summed E-state index contributed by atoms with van der Waals surface area (Å²) < 4.78 is 74.1. The summed E-state index contributed by atoms with van der Waals surface area (Å²) in [6.07, 6.45) is 8.00. The summed E-state index contributed by atoms with van der Waals surface area (Å²) in [5, 5.41) is 38.3. The number of methoxy groups -OCH3 is 3. The van der Waals surface area contributed by atoms with Gasteiger partial charge in [0, 0.05) is 77.7 Å². The van der Waals surface area contributed by atoms with Crippen molar-refractivity contribution in [1.82, 2.24) is 10.2 Å². The molecule has 4 rings (SSSR count). The SMILES string of the molecule is CCOCCOCCOCCOCCOCCOCCOCCNC(=O)O[C@@H]1CC[C@@H](C[C@@H](N)[C@@H]2C[C@@H](O)[C@H](C)/C=C(\C)[C@@H](OC)[C@@H](O)C(=O)[C@H](C)C[C@H](C)/C=C/C=C/C=C(\C)[C@@H](OC)C[C@@H]3CC[C@@H](C)[C@@](O)(O3)C(=O)C(=O)N3CCCC[C@H]3C(=O)O2)C[C@H]1OC. The minimum atomic E-state index is -2.48. The van der Waals surface area contributed by atoms with E-state index in [0.29, 0.717) is 149 Å². The van der Waals surface area contributed by atoms with E-state index in [2.05, 4.69) is 5.32 Å². The zero-order chi connectivity index (χ0) is 66.7. The fourth-order valence-corrected chi connectivity index (χ4v) is 12.1. The number of ether oxygens (including phenoxy) is 13. The lowest BCUT2D eigenvalue weighted by molar-refractivity contribution is -0.265. The van der Waals surface area contributed by atoms with Crippen LogP contribution in [0.2, 0.25) is 0 Å². The number of aliphatic hydroxyl groups is 3. The molecule has 24 heteroatoms. The van der Waals surface area contributed by atoms with Gasteiger partial charge in [-0.3, -0.25) is 14.4 Å². The average molecular weight is 1300 g/mol. The molecular formula is C67H113N3O21. The van der Waals surface area contributed by atoms with Crippen LogP contribution >= 0.6 is 0 Å². The molecule has 0 radical (unpaired) electrons. The number of alkyl carbamates (subject to hydrolysis) is 1. The van der Waals surface area contributed by atoms with Crippen LogP contribution in [0.1, 0.15) is 126 Å². The zero-order valence-corrected chi connectivity index (χ0v) is 56.1. The molecule has 16 atom stereocenters. The van der Waals surface area contributed by atoms with Crippen LogP contribution in [0.5, 0.6) is 0 Å². The maximum atomic E-state index is 14.7. The van der Waals surface area contributed by atoms with E-state index in [-0.39, 0.29) is 56.6 Å². The standard InChI is InChI=1S/C67H113N3O21/c1-11-82-27-28-84-31-32-86-35-36-88-38-37-87-34-33-85-30-29-83-26-24-69-66(77)90-56-23-21-51(42-59(56)80-9)41-53(68)58-44-55(71)47(4)40-49(6)62(81-10)61(73)60(72)48(5)39-45(2)17-13-12-14-18-46(3)57(79-8)43-52-22-20-50(7)67(78,91-52)63(74)64(75)70-25-16-15-19-54(70)65(76)89-58/h12-14,17-18,40,45,47-48,50-59,61-62,71,73,78H,11,15-16,19-39,41-44,68H2,1-10H3,(H,69,77)/b14-12+,17-13+,46-18+,49-40+/t45-,47-,48-,50-,51+,52+,53-,54+,55-,56-,57+,58+,59-,61+,62-,67-/m1/s1. The van der Waals surface area contributed by atoms with Gasteiger partial charge in [0.15, 0.2) is 5.78 Å². The Kier molecular flexibility index (Phi) is 38.2. The van der Waals surface area contributed by atoms with Crippen LogP contribution < -0.4 is 11.1 Å². The van der Waals surface area contributed by atoms with Gasteiger partial charge in [0.1, 0.15) is 30.5 Å². The number of Topliss-reactive ketones (excluding diaryl/α,β-unsaturated/α-hetero) is 2. The van der Waals surface area contributed by atoms with Crippen LogP contribution in [0.4, 0.5) is 4.79 Å². The van der Waals surface area contributed by atoms with Crippen molar-refractivity contribution in [2.24, 2.45) is 35.3 Å². The van der Waals surface area contributed by atoms with E-state index in [1.807, 2.05) is 51.2 Å². The number of carbonyl (C=O) groups is 5. The zero-order valence-electron chi connectivity index (χ0n) is 56.1. The van der Waals surface area contributed by atoms with Gasteiger partial charge in [0.25, 0.3) is 11.7 Å². The molecular weight excluding hydrogens is 1180 g/mol. The van der Waals surface area contributed by atoms with Gasteiger partial charge in [-0.05, 0) is 108 Å². The third-order valence-corrected chi connectivity index (χ3v) is 17.6. The second kappa shape index (κ2) is 43.8. The number of aliphatic hydroxyl groups excluding tert-OH is 2. The van der Waals surface area contributed by atoms with Gasteiger partial charge >= 0.3 is 12.1 Å². The van der Waals surface area contributed by atoms with Gasteiger partial charge in [0.2, 0.25) is 5.79 Å². The smallest absolute Gasteiger partial charge is 0.407 e. The number of cyclic esters (lactones) is 1. The third-order valence-electron chi connectivity index (χ3n) is 17.6. The molecule has 4 aliphatic rings. The van der Waals surface area contributed by atoms with Crippen molar-refractivity contribution in [3.63, 3.8) is 0 Å². The number of amides is 2. The van der Waals surface area contributed by atoms with Crippen molar-refractivity contribution in [1.29, 1.82) is 0 Å². The van der Waals surface area contributed by atoms with E-state index in [1.54, 1.807) is 40.9 Å². The highest BCUT2D eigenvalue weighted by atomic mass is 16.6. The summed E-state index contributed by atoms with van der Waals surface area (Å²) in [5.74, 6) is -7.95. The van der Waals surface area contributed by atoms with Crippen LogP contribution in [-0.2, 0) is 80.8 Å². The lowest BCUT2D eigenvalue weighted by Gasteiger charge is -2.42. The maximum absolute atomic E-state index is 14.7. The Bertz CT molecular complexity index is 2250. The monoisotopic (exact) mass is 1300 g/mol. The lowest BCUT2D eigenvalue weighted by Crippen LogP contribution is -2.61. The number of nitrogens with zero attached hydrogens (tertiary/aromatic N) is 1. The maximum Gasteiger partial charge on any atom is 0.407 e. The Hall–Kier alpha value is -4.09. The van der Waals surface area contributed by atoms with E-state index in [1.165, 1.54) is 14.2 Å². The summed E-state index contributed by atoms with van der Waals surface area (Å²) in [5.41, 5.74) is 8.42. The highest BCUT2D eigenvalue weighted by Crippen LogP contribution is 2.38. The number of nitrogens with one attached hydrogen (secondary N) is 1. The van der Waals surface area contributed by atoms with Gasteiger partial charge in [-0.2, -0.15) is 0 Å². The van der Waals surface area contributed by atoms with Crippen LogP contribution in [0, 0.1) is 29.6 Å². The molecule has 0 aromatic carbocycles. The Morgan fingerprint density at radius 2 is 1.33 bits per heavy atom. The summed E-state index contributed by atoms with van der Waals surface area (Å²) in [6.45, 7) is 19.3. The molecule has 0 aromatic heterocycles. The predicted octanol–water partition coefficient (Wildman–Crippen LogP) is 5.53. The van der Waals surface area contributed by atoms with E-state index in [4.69, 9.17) is 67.3 Å². The number of hydrogen-bond donors (Lipinski definition) is 5. The molecule has 3 aliphatic heterocycles. The topological polar surface area (TPSA) is 307 Å². The number of fused-ring (bicyclic) bond motifs is 3. The van der Waals surface area contributed by atoms with Crippen LogP contribution in [0.3, 0.4) is 0 Å². The number of ketones is 2. The molecule has 1 aliphatic carbocycles. The van der Waals surface area contributed by atoms with Gasteiger partial charge in [-0.15, -0.1) is 0 Å². The molecule has 1 saturated carbocycles. The van der Waals surface area contributed by atoms with E-state index < -0.39 is 108 Å². The number of nitrogens with two attached hydrogens (primary N) is 1. The van der Waals surface area contributed by atoms with E-state index in [9.17, 15) is 39.3 Å². The molecule has 0 unspecified atom stereocenters. The number of hydrogen-bond acceptors (Lipinski definition) is 22. The molecule has 91 heavy (non-hydrogen) atoms. The number of piperidine rings is 1. The molecule has 6 N–H and O–H groups in total. The first-order valence-electron chi connectivity index (χ1n) is 33.1. The third kappa shape index (κ3) is 27.6. The first-order valence-corrected chi connectivity index (χ1v) is 33.1. The first kappa shape index (κ1) is 79.3. The predicted molar refractivity (Wildman–Crippen MR) is 339 cm³/mol.